The van der Waals surface area contributed by atoms with Gasteiger partial charge in [0, 0.05) is 32.2 Å². The highest BCUT2D eigenvalue weighted by Crippen LogP contribution is 2.15. The first-order valence-corrected chi connectivity index (χ1v) is 9.55. The maximum atomic E-state index is 12.0. The number of hydrogen-bond acceptors (Lipinski definition) is 6. The summed E-state index contributed by atoms with van der Waals surface area (Å²) in [6, 6.07) is 0.0531. The van der Waals surface area contributed by atoms with Crippen molar-refractivity contribution in [3.8, 4) is 0 Å². The molecule has 2 N–H and O–H groups in total. The van der Waals surface area contributed by atoms with Gasteiger partial charge in [-0.2, -0.15) is 0 Å². The fourth-order valence-corrected chi connectivity index (χ4v) is 2.63. The molecule has 0 bridgehead atoms. The van der Waals surface area contributed by atoms with Crippen LogP contribution < -0.4 is 10.6 Å². The van der Waals surface area contributed by atoms with Gasteiger partial charge in [-0.25, -0.2) is 4.79 Å². The summed E-state index contributed by atoms with van der Waals surface area (Å²) in [6.07, 6.45) is 1.57. The van der Waals surface area contributed by atoms with Crippen molar-refractivity contribution in [2.24, 2.45) is 0 Å². The Labute approximate surface area is 158 Å². The van der Waals surface area contributed by atoms with Gasteiger partial charge in [0.2, 0.25) is 0 Å². The molecule has 1 aliphatic heterocycles. The molecule has 1 atom stereocenters. The Morgan fingerprint density at radius 3 is 2.04 bits per heavy atom. The molecule has 1 heterocycles. The molecule has 0 aliphatic carbocycles. The van der Waals surface area contributed by atoms with Crippen LogP contribution >= 0.6 is 0 Å². The molecule has 26 heavy (non-hydrogen) atoms. The third-order valence-electron chi connectivity index (χ3n) is 3.92. The Morgan fingerprint density at radius 1 is 1.00 bits per heavy atom. The first-order chi connectivity index (χ1) is 11.9. The Morgan fingerprint density at radius 2 is 1.54 bits per heavy atom. The van der Waals surface area contributed by atoms with Gasteiger partial charge in [0.25, 0.3) is 0 Å². The topological polar surface area (TPSA) is 79.9 Å². The quantitative estimate of drug-likeness (QED) is 0.551. The lowest BCUT2D eigenvalue weighted by Gasteiger charge is -2.33. The van der Waals surface area contributed by atoms with E-state index in [0.717, 1.165) is 19.4 Å². The lowest BCUT2D eigenvalue weighted by atomic mass is 10.1. The lowest BCUT2D eigenvalue weighted by Crippen LogP contribution is -2.48. The van der Waals surface area contributed by atoms with Crippen LogP contribution in [0.4, 0.5) is 4.79 Å². The molecular weight excluding hydrogens is 334 g/mol. The molecule has 1 amide bonds. The minimum absolute atomic E-state index is 0.233. The fourth-order valence-electron chi connectivity index (χ4n) is 2.63. The monoisotopic (exact) mass is 371 g/mol. The van der Waals surface area contributed by atoms with Gasteiger partial charge in [-0.3, -0.25) is 4.79 Å². The number of nitrogens with one attached hydrogen (secondary N) is 2. The predicted molar refractivity (Wildman–Crippen MR) is 102 cm³/mol. The number of nitrogens with zero attached hydrogens (tertiary/aromatic N) is 1. The summed E-state index contributed by atoms with van der Waals surface area (Å²) in [5.74, 6) is -0.233. The zero-order valence-corrected chi connectivity index (χ0v) is 17.5. The molecule has 1 saturated heterocycles. The van der Waals surface area contributed by atoms with Gasteiger partial charge in [0.15, 0.2) is 0 Å². The molecule has 7 heteroatoms. The molecule has 0 aromatic carbocycles. The molecule has 1 fully saturated rings. The molecule has 0 saturated carbocycles. The van der Waals surface area contributed by atoms with Crippen LogP contribution in [0.5, 0.6) is 0 Å². The van der Waals surface area contributed by atoms with Crippen molar-refractivity contribution in [1.82, 2.24) is 15.5 Å². The number of piperidine rings is 1. The van der Waals surface area contributed by atoms with Gasteiger partial charge < -0.3 is 25.0 Å². The van der Waals surface area contributed by atoms with E-state index < -0.39 is 11.2 Å². The maximum Gasteiger partial charge on any atom is 0.410 e. The summed E-state index contributed by atoms with van der Waals surface area (Å²) in [5.41, 5.74) is -0.921. The Hall–Kier alpha value is -1.34. The Bertz CT molecular complexity index is 460. The minimum Gasteiger partial charge on any atom is -0.459 e. The fraction of sp³-hybridized carbons (Fsp3) is 0.895. The molecule has 1 rings (SSSR count). The van der Waals surface area contributed by atoms with Crippen molar-refractivity contribution in [3.05, 3.63) is 0 Å². The smallest absolute Gasteiger partial charge is 0.410 e. The van der Waals surface area contributed by atoms with Crippen LogP contribution in [0.1, 0.15) is 61.3 Å². The highest BCUT2D eigenvalue weighted by molar-refractivity contribution is 5.75. The van der Waals surface area contributed by atoms with Crippen LogP contribution in [-0.2, 0) is 14.3 Å². The van der Waals surface area contributed by atoms with Crippen molar-refractivity contribution in [1.29, 1.82) is 0 Å². The average Bonchev–Trinajstić information content (AvgIpc) is 2.48. The number of hydrogen-bond donors (Lipinski definition) is 2. The van der Waals surface area contributed by atoms with Gasteiger partial charge in [-0.15, -0.1) is 0 Å². The summed E-state index contributed by atoms with van der Waals surface area (Å²) < 4.78 is 10.8. The van der Waals surface area contributed by atoms with E-state index in [4.69, 9.17) is 9.47 Å². The minimum atomic E-state index is -0.465. The van der Waals surface area contributed by atoms with E-state index in [1.165, 1.54) is 0 Å². The van der Waals surface area contributed by atoms with E-state index in [1.54, 1.807) is 4.90 Å². The van der Waals surface area contributed by atoms with Crippen molar-refractivity contribution < 1.29 is 19.1 Å². The van der Waals surface area contributed by atoms with Gasteiger partial charge in [0.05, 0.1) is 0 Å². The summed E-state index contributed by atoms with van der Waals surface area (Å²) in [5, 5.41) is 6.65. The van der Waals surface area contributed by atoms with E-state index in [1.807, 2.05) is 48.5 Å². The number of likely N-dealkylation sites (tertiary alicyclic amines) is 1. The number of rotatable bonds is 6. The zero-order chi connectivity index (χ0) is 20.0. The van der Waals surface area contributed by atoms with Crippen molar-refractivity contribution in [2.75, 3.05) is 26.2 Å². The van der Waals surface area contributed by atoms with E-state index in [-0.39, 0.29) is 18.1 Å². The predicted octanol–water partition coefficient (Wildman–Crippen LogP) is 2.30. The van der Waals surface area contributed by atoms with Gasteiger partial charge in [0.1, 0.15) is 17.2 Å². The highest BCUT2D eigenvalue weighted by atomic mass is 16.6. The first kappa shape index (κ1) is 22.7. The molecule has 1 unspecified atom stereocenters. The molecule has 7 nitrogen and oxygen atoms in total. The lowest BCUT2D eigenvalue weighted by molar-refractivity contribution is -0.156. The Balaban J connectivity index is 2.19. The van der Waals surface area contributed by atoms with E-state index in [9.17, 15) is 9.59 Å². The largest absolute Gasteiger partial charge is 0.459 e. The molecule has 0 radical (unpaired) electrons. The second-order valence-electron chi connectivity index (χ2n) is 8.91. The second kappa shape index (κ2) is 9.55. The third-order valence-corrected chi connectivity index (χ3v) is 3.92. The average molecular weight is 372 g/mol. The first-order valence-electron chi connectivity index (χ1n) is 9.55. The summed E-state index contributed by atoms with van der Waals surface area (Å²) in [7, 11) is 0. The number of amides is 1. The van der Waals surface area contributed by atoms with Crippen LogP contribution in [0.15, 0.2) is 0 Å². The van der Waals surface area contributed by atoms with Crippen molar-refractivity contribution >= 4 is 12.1 Å². The van der Waals surface area contributed by atoms with E-state index >= 15 is 0 Å². The molecule has 0 aromatic heterocycles. The number of carbonyl (C=O) groups excluding carboxylic acids is 2. The Kier molecular flexibility index (Phi) is 8.34. The number of ether oxygens (including phenoxy) is 2. The van der Waals surface area contributed by atoms with Gasteiger partial charge >= 0.3 is 12.1 Å². The van der Waals surface area contributed by atoms with Crippen molar-refractivity contribution in [3.63, 3.8) is 0 Å². The molecule has 152 valence electrons. The number of esters is 1. The van der Waals surface area contributed by atoms with Crippen LogP contribution in [0, 0.1) is 0 Å². The highest BCUT2D eigenvalue weighted by Gasteiger charge is 2.26. The normalized spacial score (nSPS) is 17.7. The van der Waals surface area contributed by atoms with E-state index in [2.05, 4.69) is 10.6 Å². The van der Waals surface area contributed by atoms with Gasteiger partial charge in [-0.1, -0.05) is 0 Å². The summed E-state index contributed by atoms with van der Waals surface area (Å²) in [4.78, 5) is 25.7. The molecule has 0 aromatic rings. The summed E-state index contributed by atoms with van der Waals surface area (Å²) in [6.45, 7) is 15.9. The van der Waals surface area contributed by atoms with Crippen LogP contribution in [-0.4, -0.2) is 66.4 Å². The van der Waals surface area contributed by atoms with Crippen LogP contribution in [0.25, 0.3) is 0 Å². The van der Waals surface area contributed by atoms with Gasteiger partial charge in [-0.05, 0) is 61.3 Å². The van der Waals surface area contributed by atoms with Crippen LogP contribution in [0.2, 0.25) is 0 Å². The standard InChI is InChI=1S/C19H37N3O4/c1-14(16(23)25-18(2,3)4)20-10-11-21-15-8-12-22(13-9-15)17(24)26-19(5,6)7/h14-15,20-21H,8-13H2,1-7H3. The molecule has 1 aliphatic rings. The second-order valence-corrected chi connectivity index (χ2v) is 8.91. The number of carbonyl (C=O) groups is 2. The molecule has 0 spiro atoms. The van der Waals surface area contributed by atoms with Crippen LogP contribution in [0.3, 0.4) is 0 Å². The SMILES string of the molecule is CC(NCCNC1CCN(C(=O)OC(C)(C)C)CC1)C(=O)OC(C)(C)C. The summed E-state index contributed by atoms with van der Waals surface area (Å²) >= 11 is 0. The van der Waals surface area contributed by atoms with Crippen molar-refractivity contribution in [2.45, 2.75) is 84.6 Å². The third kappa shape index (κ3) is 9.38. The molecular formula is C19H37N3O4. The maximum absolute atomic E-state index is 12.0. The zero-order valence-electron chi connectivity index (χ0n) is 17.5. The van der Waals surface area contributed by atoms with E-state index in [0.29, 0.717) is 25.7 Å².